The molecule has 1 aromatic carbocycles. The van der Waals surface area contributed by atoms with Gasteiger partial charge in [0.2, 0.25) is 0 Å². The minimum Gasteiger partial charge on any atom is -0.449 e. The molecule has 0 saturated heterocycles. The summed E-state index contributed by atoms with van der Waals surface area (Å²) < 4.78 is 6.93. The van der Waals surface area contributed by atoms with Gasteiger partial charge in [-0.2, -0.15) is 5.10 Å². The van der Waals surface area contributed by atoms with Gasteiger partial charge in [-0.3, -0.25) is 5.32 Å². The van der Waals surface area contributed by atoms with Crippen LogP contribution in [0.2, 0.25) is 0 Å². The summed E-state index contributed by atoms with van der Waals surface area (Å²) in [6, 6.07) is 15.3. The van der Waals surface area contributed by atoms with E-state index in [1.165, 1.54) is 0 Å². The Morgan fingerprint density at radius 2 is 2.03 bits per heavy atom. The Morgan fingerprint density at radius 3 is 2.84 bits per heavy atom. The Morgan fingerprint density at radius 1 is 1.21 bits per heavy atom. The highest BCUT2D eigenvalue weighted by Gasteiger charge is 2.50. The van der Waals surface area contributed by atoms with Crippen molar-refractivity contribution >= 4 is 34.0 Å². The van der Waals surface area contributed by atoms with Crippen LogP contribution in [0.3, 0.4) is 0 Å². The summed E-state index contributed by atoms with van der Waals surface area (Å²) in [5, 5.41) is 30.2. The van der Waals surface area contributed by atoms with E-state index in [4.69, 9.17) is 10.5 Å². The Bertz CT molecular complexity index is 1450. The third-order valence-corrected chi connectivity index (χ3v) is 7.84. The number of amides is 1. The summed E-state index contributed by atoms with van der Waals surface area (Å²) >= 11 is 0. The quantitative estimate of drug-likeness (QED) is 0.250. The molecule has 9 heteroatoms. The SMILES string of the molecule is CCCCOC(=O)Nc1ccc2ccc(CC[C@@]3(C)C[C@@H](c4ccc5c(N)ccnn45)[C@H](O)[C@@H]3O)cc2n1. The number of benzene rings is 1. The van der Waals surface area contributed by atoms with Gasteiger partial charge in [0.15, 0.2) is 0 Å². The van der Waals surface area contributed by atoms with Gasteiger partial charge in [-0.25, -0.2) is 14.3 Å². The third-order valence-electron chi connectivity index (χ3n) is 7.84. The Labute approximate surface area is 221 Å². The zero-order valence-electron chi connectivity index (χ0n) is 21.8. The molecule has 3 aromatic heterocycles. The van der Waals surface area contributed by atoms with Crippen molar-refractivity contribution in [3.8, 4) is 0 Å². The summed E-state index contributed by atoms with van der Waals surface area (Å²) in [5.74, 6) is 0.185. The predicted molar refractivity (Wildman–Crippen MR) is 147 cm³/mol. The van der Waals surface area contributed by atoms with Gasteiger partial charge < -0.3 is 20.7 Å². The molecule has 5 N–H and O–H groups in total. The zero-order chi connectivity index (χ0) is 26.9. The van der Waals surface area contributed by atoms with Crippen molar-refractivity contribution in [1.82, 2.24) is 14.6 Å². The van der Waals surface area contributed by atoms with Crippen LogP contribution in [0.25, 0.3) is 16.4 Å². The monoisotopic (exact) mass is 517 g/mol. The van der Waals surface area contributed by atoms with Crippen molar-refractivity contribution in [3.05, 3.63) is 66.0 Å². The van der Waals surface area contributed by atoms with Gasteiger partial charge in [-0.05, 0) is 73.1 Å². The Hall–Kier alpha value is -3.69. The van der Waals surface area contributed by atoms with Crippen LogP contribution in [0.4, 0.5) is 16.3 Å². The molecule has 0 bridgehead atoms. The van der Waals surface area contributed by atoms with E-state index >= 15 is 0 Å². The number of nitrogen functional groups attached to an aromatic ring is 1. The molecular formula is C29H35N5O4. The highest BCUT2D eigenvalue weighted by Crippen LogP contribution is 2.49. The minimum absolute atomic E-state index is 0.254. The standard InChI is InChI=1S/C29H35N5O4/c1-3-4-15-38-28(37)33-25-10-7-19-6-5-18(16-22(19)32-25)11-13-29(2)17-20(26(35)27(29)36)23-8-9-24-21(30)12-14-31-34(23)24/h5-10,12,14,16,20,26-27,35-36H,3-4,11,13,15,17,30H2,1-2H3,(H,32,33,37)/t20-,26-,27-,29-/m0/s1. The molecule has 1 aliphatic carbocycles. The number of rotatable bonds is 8. The van der Waals surface area contributed by atoms with Gasteiger partial charge in [-0.1, -0.05) is 32.4 Å². The molecular weight excluding hydrogens is 482 g/mol. The Kier molecular flexibility index (Phi) is 7.23. The second-order valence-corrected chi connectivity index (χ2v) is 10.6. The van der Waals surface area contributed by atoms with E-state index in [-0.39, 0.29) is 5.92 Å². The number of aromatic nitrogens is 3. The number of fused-ring (bicyclic) bond motifs is 2. The van der Waals surface area contributed by atoms with E-state index in [1.807, 2.05) is 44.2 Å². The molecule has 1 amide bonds. The molecule has 4 aromatic rings. The van der Waals surface area contributed by atoms with Crippen LogP contribution in [0.1, 0.15) is 56.7 Å². The van der Waals surface area contributed by atoms with E-state index in [0.29, 0.717) is 37.4 Å². The highest BCUT2D eigenvalue weighted by molar-refractivity contribution is 5.87. The topological polar surface area (TPSA) is 135 Å². The predicted octanol–water partition coefficient (Wildman–Crippen LogP) is 4.66. The maximum absolute atomic E-state index is 12.0. The van der Waals surface area contributed by atoms with Crippen LogP contribution in [0, 0.1) is 5.41 Å². The first-order valence-electron chi connectivity index (χ1n) is 13.2. The Balaban J connectivity index is 1.29. The molecule has 1 saturated carbocycles. The average Bonchev–Trinajstić information content (AvgIpc) is 3.43. The summed E-state index contributed by atoms with van der Waals surface area (Å²) in [6.07, 6.45) is 3.17. The van der Waals surface area contributed by atoms with Gasteiger partial charge in [0.05, 0.1) is 35.5 Å². The molecule has 5 rings (SSSR count). The van der Waals surface area contributed by atoms with Crippen molar-refractivity contribution < 1.29 is 19.7 Å². The second-order valence-electron chi connectivity index (χ2n) is 10.6. The van der Waals surface area contributed by atoms with Crippen LogP contribution in [0.5, 0.6) is 0 Å². The average molecular weight is 518 g/mol. The number of carbonyl (C=O) groups is 1. The second kappa shape index (κ2) is 10.6. The van der Waals surface area contributed by atoms with Crippen LogP contribution in [0.15, 0.2) is 54.7 Å². The number of nitrogens with one attached hydrogen (secondary N) is 1. The lowest BCUT2D eigenvalue weighted by Crippen LogP contribution is -2.34. The summed E-state index contributed by atoms with van der Waals surface area (Å²) in [7, 11) is 0. The van der Waals surface area contributed by atoms with E-state index < -0.39 is 23.7 Å². The van der Waals surface area contributed by atoms with Crippen LogP contribution < -0.4 is 11.1 Å². The molecule has 0 unspecified atom stereocenters. The molecule has 1 aliphatic rings. The van der Waals surface area contributed by atoms with E-state index in [0.717, 1.165) is 40.5 Å². The fourth-order valence-electron chi connectivity index (χ4n) is 5.51. The number of pyridine rings is 1. The molecule has 0 aliphatic heterocycles. The fraction of sp³-hybridized carbons (Fsp3) is 0.414. The lowest BCUT2D eigenvalue weighted by Gasteiger charge is -2.28. The molecule has 0 radical (unpaired) electrons. The lowest BCUT2D eigenvalue weighted by molar-refractivity contribution is -0.0204. The number of hydrogen-bond acceptors (Lipinski definition) is 7. The number of aliphatic hydroxyl groups excluding tert-OH is 2. The number of nitrogens with zero attached hydrogens (tertiary/aromatic N) is 3. The molecule has 1 fully saturated rings. The number of ether oxygens (including phenoxy) is 1. The molecule has 4 atom stereocenters. The van der Waals surface area contributed by atoms with Gasteiger partial charge in [0, 0.05) is 23.2 Å². The first kappa shape index (κ1) is 25.9. The normalized spacial score (nSPS) is 23.2. The molecule has 0 spiro atoms. The van der Waals surface area contributed by atoms with Crippen molar-refractivity contribution in [2.75, 3.05) is 17.7 Å². The number of hydrogen-bond donors (Lipinski definition) is 4. The molecule has 9 nitrogen and oxygen atoms in total. The van der Waals surface area contributed by atoms with E-state index in [2.05, 4.69) is 21.5 Å². The van der Waals surface area contributed by atoms with Crippen molar-refractivity contribution in [1.29, 1.82) is 0 Å². The number of carbonyl (C=O) groups excluding carboxylic acids is 1. The maximum atomic E-state index is 12.0. The van der Waals surface area contributed by atoms with Crippen molar-refractivity contribution in [2.24, 2.45) is 5.41 Å². The van der Waals surface area contributed by atoms with E-state index in [9.17, 15) is 15.0 Å². The first-order chi connectivity index (χ1) is 18.3. The number of nitrogens with two attached hydrogens (primary N) is 1. The first-order valence-corrected chi connectivity index (χ1v) is 13.2. The summed E-state index contributed by atoms with van der Waals surface area (Å²) in [5.41, 5.74) is 9.72. The third kappa shape index (κ3) is 5.04. The zero-order valence-corrected chi connectivity index (χ0v) is 21.8. The van der Waals surface area contributed by atoms with Gasteiger partial charge in [0.25, 0.3) is 0 Å². The van der Waals surface area contributed by atoms with Crippen molar-refractivity contribution in [2.45, 2.75) is 64.1 Å². The number of anilines is 2. The van der Waals surface area contributed by atoms with Crippen LogP contribution in [-0.4, -0.2) is 49.7 Å². The maximum Gasteiger partial charge on any atom is 0.412 e. The number of unbranched alkanes of at least 4 members (excludes halogenated alkanes) is 1. The van der Waals surface area contributed by atoms with Crippen molar-refractivity contribution in [3.63, 3.8) is 0 Å². The molecule has 38 heavy (non-hydrogen) atoms. The minimum atomic E-state index is -0.898. The fourth-order valence-corrected chi connectivity index (χ4v) is 5.51. The molecule has 200 valence electrons. The number of aryl methyl sites for hydroxylation is 1. The number of aliphatic hydroxyl groups is 2. The van der Waals surface area contributed by atoms with Gasteiger partial charge in [-0.15, -0.1) is 0 Å². The highest BCUT2D eigenvalue weighted by atomic mass is 16.5. The van der Waals surface area contributed by atoms with Gasteiger partial charge >= 0.3 is 6.09 Å². The summed E-state index contributed by atoms with van der Waals surface area (Å²) in [4.78, 5) is 16.6. The largest absolute Gasteiger partial charge is 0.449 e. The lowest BCUT2D eigenvalue weighted by atomic mass is 9.80. The summed E-state index contributed by atoms with van der Waals surface area (Å²) in [6.45, 7) is 4.45. The van der Waals surface area contributed by atoms with E-state index in [1.54, 1.807) is 22.8 Å². The molecule has 3 heterocycles. The smallest absolute Gasteiger partial charge is 0.412 e. The van der Waals surface area contributed by atoms with Gasteiger partial charge in [0.1, 0.15) is 5.82 Å². The van der Waals surface area contributed by atoms with Crippen LogP contribution >= 0.6 is 0 Å². The van der Waals surface area contributed by atoms with Crippen LogP contribution in [-0.2, 0) is 11.2 Å².